The third-order valence-electron chi connectivity index (χ3n) is 1.25. The molecule has 0 aliphatic carbocycles. The van der Waals surface area contributed by atoms with Gasteiger partial charge in [-0.2, -0.15) is 0 Å². The Hall–Kier alpha value is -0.883. The molecular formula is C5H10O5Si. The van der Waals surface area contributed by atoms with Crippen LogP contribution in [0.4, 0.5) is 0 Å². The van der Waals surface area contributed by atoms with Crippen molar-refractivity contribution >= 4 is 21.7 Å². The molecule has 6 heteroatoms. The molecule has 0 aromatic carbocycles. The van der Waals surface area contributed by atoms with E-state index in [1.165, 1.54) is 0 Å². The number of carboxylic acids is 2. The van der Waals surface area contributed by atoms with E-state index < -0.39 is 34.0 Å². The average Bonchev–Trinajstić information content (AvgIpc) is 1.86. The highest BCUT2D eigenvalue weighted by Gasteiger charge is 2.19. The van der Waals surface area contributed by atoms with Crippen molar-refractivity contribution in [3.63, 3.8) is 0 Å². The van der Waals surface area contributed by atoms with Gasteiger partial charge in [0, 0.05) is 0 Å². The summed E-state index contributed by atoms with van der Waals surface area (Å²) in [5, 5.41) is 16.6. The number of rotatable bonds is 5. The fourth-order valence-electron chi connectivity index (χ4n) is 0.679. The standard InChI is InChI=1S/C5H10O5Si/c6-4(7)1-3(2-11-10)5(8)9/h3,10H,1-2,11H2,(H,6,7)(H,8,9). The molecule has 1 atom stereocenters. The first kappa shape index (κ1) is 10.1. The van der Waals surface area contributed by atoms with Gasteiger partial charge in [-0.05, 0) is 6.04 Å². The molecule has 0 saturated heterocycles. The van der Waals surface area contributed by atoms with Crippen LogP contribution < -0.4 is 0 Å². The second kappa shape index (κ2) is 4.86. The molecule has 0 spiro atoms. The SMILES string of the molecule is O=C(O)CC(C[SiH2]O)C(=O)O. The summed E-state index contributed by atoms with van der Waals surface area (Å²) in [5.74, 6) is -3.20. The predicted octanol–water partition coefficient (Wildman–Crippen LogP) is -1.34. The van der Waals surface area contributed by atoms with E-state index in [4.69, 9.17) is 15.0 Å². The van der Waals surface area contributed by atoms with Crippen LogP contribution in [0.2, 0.25) is 6.04 Å². The smallest absolute Gasteiger partial charge is 0.306 e. The van der Waals surface area contributed by atoms with Crippen LogP contribution in [0.5, 0.6) is 0 Å². The maximum absolute atomic E-state index is 10.3. The van der Waals surface area contributed by atoms with Gasteiger partial charge in [0.15, 0.2) is 9.76 Å². The molecule has 1 unspecified atom stereocenters. The van der Waals surface area contributed by atoms with Crippen LogP contribution in [0.1, 0.15) is 6.42 Å². The van der Waals surface area contributed by atoms with Gasteiger partial charge in [0.25, 0.3) is 0 Å². The van der Waals surface area contributed by atoms with Gasteiger partial charge in [0.1, 0.15) is 0 Å². The van der Waals surface area contributed by atoms with Crippen molar-refractivity contribution in [2.45, 2.75) is 12.5 Å². The van der Waals surface area contributed by atoms with Crippen molar-refractivity contribution in [1.29, 1.82) is 0 Å². The zero-order valence-corrected chi connectivity index (χ0v) is 7.27. The number of hydrogen-bond acceptors (Lipinski definition) is 3. The fraction of sp³-hybridized carbons (Fsp3) is 0.600. The first-order chi connectivity index (χ1) is 5.07. The highest BCUT2D eigenvalue weighted by molar-refractivity contribution is 6.26. The third-order valence-corrected chi connectivity index (χ3v) is 2.20. The number of carbonyl (C=O) groups is 2. The Kier molecular flexibility index (Phi) is 4.47. The van der Waals surface area contributed by atoms with Crippen LogP contribution in [-0.4, -0.2) is 36.7 Å². The lowest BCUT2D eigenvalue weighted by Crippen LogP contribution is -2.19. The second-order valence-electron chi connectivity index (χ2n) is 2.15. The van der Waals surface area contributed by atoms with Gasteiger partial charge >= 0.3 is 11.9 Å². The Balaban J connectivity index is 3.89. The summed E-state index contributed by atoms with van der Waals surface area (Å²) in [7, 11) is -1.36. The van der Waals surface area contributed by atoms with E-state index >= 15 is 0 Å². The van der Waals surface area contributed by atoms with Crippen LogP contribution in [0, 0.1) is 5.92 Å². The van der Waals surface area contributed by atoms with Crippen LogP contribution in [-0.2, 0) is 9.59 Å². The molecule has 0 bridgehead atoms. The molecule has 0 radical (unpaired) electrons. The Bertz CT molecular complexity index is 157. The first-order valence-corrected chi connectivity index (χ1v) is 4.76. The summed E-state index contributed by atoms with van der Waals surface area (Å²) in [5.41, 5.74) is 0. The zero-order valence-electron chi connectivity index (χ0n) is 5.86. The summed E-state index contributed by atoms with van der Waals surface area (Å²) < 4.78 is 0. The van der Waals surface area contributed by atoms with E-state index in [-0.39, 0.29) is 6.04 Å². The van der Waals surface area contributed by atoms with Gasteiger partial charge in [-0.15, -0.1) is 0 Å². The van der Waals surface area contributed by atoms with Gasteiger partial charge in [-0.3, -0.25) is 9.59 Å². The van der Waals surface area contributed by atoms with E-state index in [1.807, 2.05) is 0 Å². The Morgan fingerprint density at radius 1 is 1.36 bits per heavy atom. The topological polar surface area (TPSA) is 94.8 Å². The highest BCUT2D eigenvalue weighted by atomic mass is 28.2. The molecule has 3 N–H and O–H groups in total. The maximum atomic E-state index is 10.3. The van der Waals surface area contributed by atoms with E-state index in [2.05, 4.69) is 0 Å². The van der Waals surface area contributed by atoms with Gasteiger partial charge in [-0.25, -0.2) is 0 Å². The minimum Gasteiger partial charge on any atom is -0.481 e. The molecule has 0 amide bonds. The Morgan fingerprint density at radius 2 is 1.91 bits per heavy atom. The van der Waals surface area contributed by atoms with Gasteiger partial charge in [0.05, 0.1) is 12.3 Å². The molecule has 0 aromatic rings. The molecule has 11 heavy (non-hydrogen) atoms. The zero-order chi connectivity index (χ0) is 8.85. The molecule has 0 fully saturated rings. The minimum absolute atomic E-state index is 0.127. The lowest BCUT2D eigenvalue weighted by atomic mass is 10.1. The Morgan fingerprint density at radius 3 is 2.18 bits per heavy atom. The Labute approximate surface area is 65.6 Å². The molecular weight excluding hydrogens is 168 g/mol. The average molecular weight is 178 g/mol. The van der Waals surface area contributed by atoms with Crippen molar-refractivity contribution in [2.24, 2.45) is 5.92 Å². The van der Waals surface area contributed by atoms with Crippen LogP contribution in [0.25, 0.3) is 0 Å². The van der Waals surface area contributed by atoms with Crippen molar-refractivity contribution < 1.29 is 24.6 Å². The van der Waals surface area contributed by atoms with Crippen molar-refractivity contribution in [1.82, 2.24) is 0 Å². The highest BCUT2D eigenvalue weighted by Crippen LogP contribution is 2.07. The number of carboxylic acid groups (broad SMARTS) is 2. The molecule has 0 heterocycles. The normalized spacial score (nSPS) is 13.5. The van der Waals surface area contributed by atoms with Gasteiger partial charge in [-0.1, -0.05) is 0 Å². The molecule has 0 aliphatic rings. The summed E-state index contributed by atoms with van der Waals surface area (Å²) in [6.45, 7) is 0. The minimum atomic E-state index is -1.36. The first-order valence-electron chi connectivity index (χ1n) is 3.13. The largest absolute Gasteiger partial charge is 0.481 e. The quantitative estimate of drug-likeness (QED) is 0.453. The summed E-state index contributed by atoms with van der Waals surface area (Å²) in [6, 6.07) is 0.127. The van der Waals surface area contributed by atoms with E-state index in [0.717, 1.165) is 0 Å². The van der Waals surface area contributed by atoms with Gasteiger partial charge in [0.2, 0.25) is 0 Å². The van der Waals surface area contributed by atoms with Crippen molar-refractivity contribution in [2.75, 3.05) is 0 Å². The molecule has 64 valence electrons. The summed E-state index contributed by atoms with van der Waals surface area (Å²) in [6.07, 6.45) is -0.400. The third kappa shape index (κ3) is 4.51. The maximum Gasteiger partial charge on any atom is 0.306 e. The van der Waals surface area contributed by atoms with Crippen LogP contribution in [0.3, 0.4) is 0 Å². The van der Waals surface area contributed by atoms with Gasteiger partial charge < -0.3 is 15.0 Å². The molecule has 0 aromatic heterocycles. The molecule has 0 saturated carbocycles. The van der Waals surface area contributed by atoms with Crippen LogP contribution >= 0.6 is 0 Å². The fourth-order valence-corrected chi connectivity index (χ4v) is 1.44. The molecule has 0 rings (SSSR count). The van der Waals surface area contributed by atoms with Crippen LogP contribution in [0.15, 0.2) is 0 Å². The van der Waals surface area contributed by atoms with E-state index in [1.54, 1.807) is 0 Å². The molecule has 5 nitrogen and oxygen atoms in total. The molecule has 0 aliphatic heterocycles. The predicted molar refractivity (Wildman–Crippen MR) is 38.9 cm³/mol. The second-order valence-corrected chi connectivity index (χ2v) is 3.17. The summed E-state index contributed by atoms with van der Waals surface area (Å²) in [4.78, 5) is 28.8. The monoisotopic (exact) mass is 178 g/mol. The lowest BCUT2D eigenvalue weighted by molar-refractivity contribution is -0.147. The number of hydrogen-bond donors (Lipinski definition) is 3. The lowest BCUT2D eigenvalue weighted by Gasteiger charge is -2.05. The van der Waals surface area contributed by atoms with E-state index in [9.17, 15) is 9.59 Å². The van der Waals surface area contributed by atoms with E-state index in [0.29, 0.717) is 0 Å². The van der Waals surface area contributed by atoms with Crippen molar-refractivity contribution in [3.05, 3.63) is 0 Å². The van der Waals surface area contributed by atoms with Crippen molar-refractivity contribution in [3.8, 4) is 0 Å². The number of aliphatic carboxylic acids is 2. The summed E-state index contributed by atoms with van der Waals surface area (Å²) >= 11 is 0.